The van der Waals surface area contributed by atoms with Crippen LogP contribution < -0.4 is 5.32 Å². The molecule has 0 bridgehead atoms. The van der Waals surface area contributed by atoms with Gasteiger partial charge in [-0.25, -0.2) is 0 Å². The number of hydrogen-bond donors (Lipinski definition) is 1. The summed E-state index contributed by atoms with van der Waals surface area (Å²) in [5.74, 6) is 0.325. The van der Waals surface area contributed by atoms with E-state index in [1.807, 2.05) is 24.3 Å². The third-order valence-corrected chi connectivity index (χ3v) is 5.14. The van der Waals surface area contributed by atoms with Gasteiger partial charge in [0.1, 0.15) is 0 Å². The summed E-state index contributed by atoms with van der Waals surface area (Å²) in [5.41, 5.74) is 0.834. The second-order valence-electron chi connectivity index (χ2n) is 6.19. The molecule has 114 valence electrons. The molecule has 0 aromatic heterocycles. The molecule has 4 heteroatoms. The summed E-state index contributed by atoms with van der Waals surface area (Å²) in [6, 6.07) is 7.91. The molecule has 0 spiro atoms. The highest BCUT2D eigenvalue weighted by Crippen LogP contribution is 2.43. The van der Waals surface area contributed by atoms with Gasteiger partial charge in [0.15, 0.2) is 0 Å². The van der Waals surface area contributed by atoms with Crippen LogP contribution in [0.25, 0.3) is 0 Å². The second-order valence-corrected chi connectivity index (χ2v) is 6.63. The highest BCUT2D eigenvalue weighted by atomic mass is 35.5. The lowest BCUT2D eigenvalue weighted by Gasteiger charge is -2.34. The van der Waals surface area contributed by atoms with Crippen molar-refractivity contribution >= 4 is 17.5 Å². The number of halogens is 1. The Bertz CT molecular complexity index is 486. The molecule has 1 saturated carbocycles. The Labute approximate surface area is 131 Å². The van der Waals surface area contributed by atoms with Crippen LogP contribution >= 0.6 is 11.6 Å². The molecule has 1 amide bonds. The lowest BCUT2D eigenvalue weighted by molar-refractivity contribution is -0.137. The van der Waals surface area contributed by atoms with Crippen LogP contribution in [0, 0.1) is 0 Å². The van der Waals surface area contributed by atoms with Gasteiger partial charge in [-0.3, -0.25) is 4.79 Å². The molecule has 21 heavy (non-hydrogen) atoms. The Morgan fingerprint density at radius 2 is 1.76 bits per heavy atom. The molecule has 0 radical (unpaired) electrons. The first-order valence-electron chi connectivity index (χ1n) is 7.98. The molecular weight excluding hydrogens is 284 g/mol. The smallest absolute Gasteiger partial charge is 0.233 e. The third-order valence-electron chi connectivity index (χ3n) is 4.89. The number of carbonyl (C=O) groups is 1. The molecule has 1 aliphatic carbocycles. The summed E-state index contributed by atoms with van der Waals surface area (Å²) in [4.78, 5) is 15.3. The SMILES string of the molecule is O=C(N1CCCNCC1)C1(c2ccc(Cl)cc2)CCCC1. The van der Waals surface area contributed by atoms with E-state index in [4.69, 9.17) is 11.6 Å². The number of nitrogens with zero attached hydrogens (tertiary/aromatic N) is 1. The number of nitrogens with one attached hydrogen (secondary N) is 1. The van der Waals surface area contributed by atoms with Crippen LogP contribution in [-0.2, 0) is 10.2 Å². The topological polar surface area (TPSA) is 32.3 Å². The van der Waals surface area contributed by atoms with Crippen LogP contribution in [0.5, 0.6) is 0 Å². The minimum absolute atomic E-state index is 0.311. The molecule has 3 nitrogen and oxygen atoms in total. The fraction of sp³-hybridized carbons (Fsp3) is 0.588. The number of amides is 1. The van der Waals surface area contributed by atoms with Gasteiger partial charge in [0.25, 0.3) is 0 Å². The van der Waals surface area contributed by atoms with Crippen LogP contribution in [0.4, 0.5) is 0 Å². The van der Waals surface area contributed by atoms with Gasteiger partial charge in [0.05, 0.1) is 5.41 Å². The largest absolute Gasteiger partial charge is 0.341 e. The minimum Gasteiger partial charge on any atom is -0.341 e. The first-order chi connectivity index (χ1) is 10.2. The van der Waals surface area contributed by atoms with E-state index in [9.17, 15) is 4.79 Å². The first kappa shape index (κ1) is 14.9. The van der Waals surface area contributed by atoms with Gasteiger partial charge >= 0.3 is 0 Å². The van der Waals surface area contributed by atoms with Gasteiger partial charge in [0.2, 0.25) is 5.91 Å². The van der Waals surface area contributed by atoms with E-state index in [0.717, 1.165) is 68.9 Å². The lowest BCUT2D eigenvalue weighted by Crippen LogP contribution is -2.46. The average molecular weight is 307 g/mol. The Balaban J connectivity index is 1.89. The maximum Gasteiger partial charge on any atom is 0.233 e. The maximum atomic E-state index is 13.2. The summed E-state index contributed by atoms with van der Waals surface area (Å²) >= 11 is 6.01. The third kappa shape index (κ3) is 2.95. The molecule has 1 heterocycles. The fourth-order valence-corrected chi connectivity index (χ4v) is 3.85. The van der Waals surface area contributed by atoms with E-state index in [0.29, 0.717) is 5.91 Å². The Kier molecular flexibility index (Phi) is 4.51. The van der Waals surface area contributed by atoms with E-state index in [1.54, 1.807) is 0 Å². The number of benzene rings is 1. The van der Waals surface area contributed by atoms with Gasteiger partial charge in [-0.05, 0) is 43.5 Å². The zero-order valence-electron chi connectivity index (χ0n) is 12.4. The summed E-state index contributed by atoms with van der Waals surface area (Å²) < 4.78 is 0. The van der Waals surface area contributed by atoms with E-state index in [1.165, 1.54) is 0 Å². The van der Waals surface area contributed by atoms with Gasteiger partial charge in [-0.1, -0.05) is 36.6 Å². The van der Waals surface area contributed by atoms with Crippen molar-refractivity contribution in [2.75, 3.05) is 26.2 Å². The monoisotopic (exact) mass is 306 g/mol. The molecule has 1 saturated heterocycles. The van der Waals surface area contributed by atoms with Crippen LogP contribution in [0.2, 0.25) is 5.02 Å². The Morgan fingerprint density at radius 3 is 2.48 bits per heavy atom. The summed E-state index contributed by atoms with van der Waals surface area (Å²) in [6.45, 7) is 3.62. The molecule has 2 aliphatic rings. The molecule has 0 atom stereocenters. The molecule has 0 unspecified atom stereocenters. The van der Waals surface area contributed by atoms with Crippen molar-refractivity contribution < 1.29 is 4.79 Å². The molecule has 1 aliphatic heterocycles. The Morgan fingerprint density at radius 1 is 1.05 bits per heavy atom. The first-order valence-corrected chi connectivity index (χ1v) is 8.36. The number of carbonyl (C=O) groups excluding carboxylic acids is 1. The maximum absolute atomic E-state index is 13.2. The lowest BCUT2D eigenvalue weighted by atomic mass is 9.77. The molecule has 3 rings (SSSR count). The second kappa shape index (κ2) is 6.37. The normalized spacial score (nSPS) is 22.0. The molecule has 2 fully saturated rings. The van der Waals surface area contributed by atoms with Crippen molar-refractivity contribution in [2.45, 2.75) is 37.5 Å². The molecular formula is C17H23ClN2O. The van der Waals surface area contributed by atoms with Gasteiger partial charge in [-0.15, -0.1) is 0 Å². The predicted molar refractivity (Wildman–Crippen MR) is 85.7 cm³/mol. The number of rotatable bonds is 2. The summed E-state index contributed by atoms with van der Waals surface area (Å²) in [5, 5.41) is 4.11. The van der Waals surface area contributed by atoms with Crippen LogP contribution in [0.1, 0.15) is 37.7 Å². The quantitative estimate of drug-likeness (QED) is 0.911. The standard InChI is InChI=1S/C17H23ClN2O/c18-15-6-4-14(5-7-15)17(8-1-2-9-17)16(21)20-12-3-10-19-11-13-20/h4-7,19H,1-3,8-13H2. The van der Waals surface area contributed by atoms with Crippen LogP contribution in [0.3, 0.4) is 0 Å². The average Bonchev–Trinajstić information content (AvgIpc) is 2.84. The van der Waals surface area contributed by atoms with Gasteiger partial charge < -0.3 is 10.2 Å². The van der Waals surface area contributed by atoms with E-state index < -0.39 is 0 Å². The van der Waals surface area contributed by atoms with Crippen molar-refractivity contribution in [1.29, 1.82) is 0 Å². The minimum atomic E-state index is -0.311. The predicted octanol–water partition coefficient (Wildman–Crippen LogP) is 2.97. The van der Waals surface area contributed by atoms with E-state index >= 15 is 0 Å². The van der Waals surface area contributed by atoms with E-state index in [2.05, 4.69) is 10.2 Å². The van der Waals surface area contributed by atoms with Crippen LogP contribution in [0.15, 0.2) is 24.3 Å². The van der Waals surface area contributed by atoms with Crippen molar-refractivity contribution in [3.63, 3.8) is 0 Å². The highest BCUT2D eigenvalue weighted by Gasteiger charge is 2.44. The number of hydrogen-bond acceptors (Lipinski definition) is 2. The van der Waals surface area contributed by atoms with Crippen molar-refractivity contribution in [3.8, 4) is 0 Å². The highest BCUT2D eigenvalue weighted by molar-refractivity contribution is 6.30. The zero-order chi connectivity index (χ0) is 14.7. The molecule has 1 N–H and O–H groups in total. The molecule has 1 aromatic carbocycles. The van der Waals surface area contributed by atoms with Crippen molar-refractivity contribution in [3.05, 3.63) is 34.9 Å². The van der Waals surface area contributed by atoms with Gasteiger partial charge in [-0.2, -0.15) is 0 Å². The molecule has 1 aromatic rings. The van der Waals surface area contributed by atoms with Gasteiger partial charge in [0, 0.05) is 24.7 Å². The fourth-order valence-electron chi connectivity index (χ4n) is 3.72. The van der Waals surface area contributed by atoms with Crippen molar-refractivity contribution in [1.82, 2.24) is 10.2 Å². The summed E-state index contributed by atoms with van der Waals surface area (Å²) in [7, 11) is 0. The Hall–Kier alpha value is -1.06. The summed E-state index contributed by atoms with van der Waals surface area (Å²) in [6.07, 6.45) is 5.26. The van der Waals surface area contributed by atoms with E-state index in [-0.39, 0.29) is 5.41 Å². The van der Waals surface area contributed by atoms with Crippen LogP contribution in [-0.4, -0.2) is 37.0 Å². The zero-order valence-corrected chi connectivity index (χ0v) is 13.2. The van der Waals surface area contributed by atoms with Crippen molar-refractivity contribution in [2.24, 2.45) is 0 Å².